The third kappa shape index (κ3) is 3.58. The predicted octanol–water partition coefficient (Wildman–Crippen LogP) is 0.440. The molecule has 0 heterocycles. The maximum atomic E-state index is 10.7. The second-order valence-corrected chi connectivity index (χ2v) is 3.63. The Morgan fingerprint density at radius 2 is 2.24 bits per heavy atom. The summed E-state index contributed by atoms with van der Waals surface area (Å²) in [7, 11) is 0. The minimum atomic E-state index is -1.03. The van der Waals surface area contributed by atoms with Crippen LogP contribution in [0.4, 0.5) is 5.69 Å². The number of benzene rings is 1. The monoisotopic (exact) mass is 259 g/mol. The molecule has 0 aromatic heterocycles. The van der Waals surface area contributed by atoms with Crippen molar-refractivity contribution in [2.75, 3.05) is 6.61 Å². The van der Waals surface area contributed by atoms with Crippen LogP contribution in [-0.4, -0.2) is 23.5 Å². The second kappa shape index (κ2) is 5.46. The van der Waals surface area contributed by atoms with E-state index in [1.165, 1.54) is 18.2 Å². The van der Waals surface area contributed by atoms with Crippen molar-refractivity contribution in [3.05, 3.63) is 33.3 Å². The van der Waals surface area contributed by atoms with Gasteiger partial charge < -0.3 is 16.2 Å². The molecule has 0 aliphatic heterocycles. The van der Waals surface area contributed by atoms with Gasteiger partial charge in [0.25, 0.3) is 0 Å². The summed E-state index contributed by atoms with van der Waals surface area (Å²) < 4.78 is 5.05. The summed E-state index contributed by atoms with van der Waals surface area (Å²) in [6.45, 7) is -0.253. The summed E-state index contributed by atoms with van der Waals surface area (Å²) in [5.41, 5.74) is 9.99. The fourth-order valence-electron chi connectivity index (χ4n) is 1.02. The fourth-order valence-corrected chi connectivity index (χ4v) is 1.18. The summed E-state index contributed by atoms with van der Waals surface area (Å²) in [5, 5.41) is 10.9. The molecule has 0 fully saturated rings. The van der Waals surface area contributed by atoms with E-state index in [1.54, 1.807) is 0 Å². The first-order chi connectivity index (χ1) is 7.91. The fraction of sp³-hybridized carbons (Fsp3) is 0.222. The largest absolute Gasteiger partial charge is 0.485 e. The molecule has 1 rings (SSSR count). The first-order valence-electron chi connectivity index (χ1n) is 4.53. The second-order valence-electron chi connectivity index (χ2n) is 3.19. The van der Waals surface area contributed by atoms with Crippen LogP contribution in [0.2, 0.25) is 5.02 Å². The van der Waals surface area contributed by atoms with E-state index >= 15 is 0 Å². The Hall–Kier alpha value is -1.86. The highest BCUT2D eigenvalue weighted by atomic mass is 35.5. The summed E-state index contributed by atoms with van der Waals surface area (Å²) in [6, 6.07) is 2.80. The van der Waals surface area contributed by atoms with Gasteiger partial charge in [-0.15, -0.1) is 0 Å². The number of nitrogens with zero attached hydrogens (tertiary/aromatic N) is 1. The lowest BCUT2D eigenvalue weighted by Crippen LogP contribution is -2.41. The molecule has 0 bridgehead atoms. The van der Waals surface area contributed by atoms with Gasteiger partial charge in [0.1, 0.15) is 12.6 Å². The number of hydrogen-bond donors (Lipinski definition) is 2. The van der Waals surface area contributed by atoms with E-state index in [0.29, 0.717) is 0 Å². The lowest BCUT2D eigenvalue weighted by molar-refractivity contribution is -0.385. The topological polar surface area (TPSA) is 121 Å². The zero-order valence-electron chi connectivity index (χ0n) is 8.63. The molecule has 17 heavy (non-hydrogen) atoms. The number of ether oxygens (including phenoxy) is 1. The quantitative estimate of drug-likeness (QED) is 0.587. The lowest BCUT2D eigenvalue weighted by atomic mass is 10.3. The maximum absolute atomic E-state index is 10.7. The molecular weight excluding hydrogens is 250 g/mol. The molecule has 1 aromatic carbocycles. The Morgan fingerprint density at radius 1 is 1.59 bits per heavy atom. The van der Waals surface area contributed by atoms with Gasteiger partial charge in [-0.2, -0.15) is 0 Å². The van der Waals surface area contributed by atoms with Crippen molar-refractivity contribution in [3.63, 3.8) is 0 Å². The van der Waals surface area contributed by atoms with Crippen LogP contribution in [-0.2, 0) is 4.79 Å². The Kier molecular flexibility index (Phi) is 4.24. The molecule has 0 aliphatic rings. The van der Waals surface area contributed by atoms with Crippen LogP contribution in [0.5, 0.6) is 5.75 Å². The number of carbonyl (C=O) groups is 1. The van der Waals surface area contributed by atoms with Crippen molar-refractivity contribution in [1.82, 2.24) is 0 Å². The van der Waals surface area contributed by atoms with E-state index in [1.807, 2.05) is 0 Å². The average Bonchev–Trinajstić information content (AvgIpc) is 2.25. The molecule has 1 atom stereocenters. The standard InChI is InChI=1S/C9H10ClN3O4/c10-5-1-2-7(13(15)16)8(3-5)17-4-6(11)9(12)14/h1-3,6H,4,11H2,(H2,12,14). The third-order valence-electron chi connectivity index (χ3n) is 1.90. The Morgan fingerprint density at radius 3 is 2.76 bits per heavy atom. The van der Waals surface area contributed by atoms with Gasteiger partial charge in [0.2, 0.25) is 5.91 Å². The molecule has 8 heteroatoms. The lowest BCUT2D eigenvalue weighted by Gasteiger charge is -2.10. The van der Waals surface area contributed by atoms with Crippen LogP contribution >= 0.6 is 11.6 Å². The molecule has 4 N–H and O–H groups in total. The molecule has 0 radical (unpaired) electrons. The van der Waals surface area contributed by atoms with Gasteiger partial charge in [0.05, 0.1) is 4.92 Å². The first kappa shape index (κ1) is 13.2. The van der Waals surface area contributed by atoms with Crippen LogP contribution in [0.1, 0.15) is 0 Å². The van der Waals surface area contributed by atoms with Crippen LogP contribution < -0.4 is 16.2 Å². The van der Waals surface area contributed by atoms with Crippen LogP contribution in [0, 0.1) is 10.1 Å². The highest BCUT2D eigenvalue weighted by molar-refractivity contribution is 6.30. The molecule has 1 unspecified atom stereocenters. The number of carbonyl (C=O) groups excluding carboxylic acids is 1. The number of rotatable bonds is 5. The van der Waals surface area contributed by atoms with E-state index < -0.39 is 16.9 Å². The van der Waals surface area contributed by atoms with Gasteiger partial charge in [-0.05, 0) is 6.07 Å². The molecular formula is C9H10ClN3O4. The highest BCUT2D eigenvalue weighted by Gasteiger charge is 2.17. The van der Waals surface area contributed by atoms with Crippen molar-refractivity contribution in [2.45, 2.75) is 6.04 Å². The van der Waals surface area contributed by atoms with E-state index in [-0.39, 0.29) is 23.1 Å². The predicted molar refractivity (Wildman–Crippen MR) is 60.8 cm³/mol. The van der Waals surface area contributed by atoms with Crippen molar-refractivity contribution < 1.29 is 14.5 Å². The summed E-state index contributed by atoms with van der Waals surface area (Å²) in [6.07, 6.45) is 0. The minimum absolute atomic E-state index is 0.0563. The highest BCUT2D eigenvalue weighted by Crippen LogP contribution is 2.29. The molecule has 0 saturated heterocycles. The summed E-state index contributed by atoms with van der Waals surface area (Å²) in [5.74, 6) is -0.811. The van der Waals surface area contributed by atoms with Crippen molar-refractivity contribution in [3.8, 4) is 5.75 Å². The Bertz CT molecular complexity index is 452. The SMILES string of the molecule is NC(=O)C(N)COc1cc(Cl)ccc1[N+](=O)[O-]. The van der Waals surface area contributed by atoms with Gasteiger partial charge in [-0.1, -0.05) is 11.6 Å². The van der Waals surface area contributed by atoms with Gasteiger partial charge in [0.15, 0.2) is 5.75 Å². The summed E-state index contributed by atoms with van der Waals surface area (Å²) >= 11 is 5.67. The Balaban J connectivity index is 2.85. The Labute approximate surface area is 101 Å². The molecule has 0 aliphatic carbocycles. The smallest absolute Gasteiger partial charge is 0.311 e. The number of halogens is 1. The number of nitro benzene ring substituents is 1. The molecule has 7 nitrogen and oxygen atoms in total. The average molecular weight is 260 g/mol. The van der Waals surface area contributed by atoms with Crippen LogP contribution in [0.15, 0.2) is 18.2 Å². The molecule has 0 spiro atoms. The molecule has 0 saturated carbocycles. The van der Waals surface area contributed by atoms with Crippen molar-refractivity contribution >= 4 is 23.2 Å². The van der Waals surface area contributed by atoms with E-state index in [2.05, 4.69) is 0 Å². The van der Waals surface area contributed by atoms with E-state index in [4.69, 9.17) is 27.8 Å². The van der Waals surface area contributed by atoms with Crippen LogP contribution in [0.3, 0.4) is 0 Å². The normalized spacial score (nSPS) is 11.9. The first-order valence-corrected chi connectivity index (χ1v) is 4.91. The zero-order chi connectivity index (χ0) is 13.0. The molecule has 92 valence electrons. The van der Waals surface area contributed by atoms with Gasteiger partial charge in [-0.3, -0.25) is 14.9 Å². The number of nitrogens with two attached hydrogens (primary N) is 2. The number of nitro groups is 1. The maximum Gasteiger partial charge on any atom is 0.311 e. The number of hydrogen-bond acceptors (Lipinski definition) is 5. The van der Waals surface area contributed by atoms with E-state index in [9.17, 15) is 14.9 Å². The third-order valence-corrected chi connectivity index (χ3v) is 2.14. The van der Waals surface area contributed by atoms with Crippen molar-refractivity contribution in [2.24, 2.45) is 11.5 Å². The van der Waals surface area contributed by atoms with Gasteiger partial charge in [0, 0.05) is 17.2 Å². The zero-order valence-corrected chi connectivity index (χ0v) is 9.39. The summed E-state index contributed by atoms with van der Waals surface area (Å²) in [4.78, 5) is 20.7. The van der Waals surface area contributed by atoms with Gasteiger partial charge >= 0.3 is 5.69 Å². The van der Waals surface area contributed by atoms with Crippen LogP contribution in [0.25, 0.3) is 0 Å². The van der Waals surface area contributed by atoms with Crippen molar-refractivity contribution in [1.29, 1.82) is 0 Å². The minimum Gasteiger partial charge on any atom is -0.485 e. The van der Waals surface area contributed by atoms with E-state index in [0.717, 1.165) is 0 Å². The number of amides is 1. The molecule has 1 amide bonds. The number of primary amides is 1. The van der Waals surface area contributed by atoms with Gasteiger partial charge in [-0.25, -0.2) is 0 Å². The molecule has 1 aromatic rings.